The third-order valence-electron chi connectivity index (χ3n) is 4.73. The molecule has 128 valence electrons. The van der Waals surface area contributed by atoms with E-state index in [0.29, 0.717) is 5.69 Å². The smallest absolute Gasteiger partial charge is 0.315 e. The highest BCUT2D eigenvalue weighted by molar-refractivity contribution is 6.24. The average Bonchev–Trinajstić information content (AvgIpc) is 2.95. The molecule has 0 radical (unpaired) electrons. The molecule has 1 N–H and O–H groups in total. The number of benzene rings is 3. The largest absolute Gasteiger partial charge is 0.330 e. The number of carbonyl (C=O) groups excluding carboxylic acids is 2. The summed E-state index contributed by atoms with van der Waals surface area (Å²) < 4.78 is 0. The maximum Gasteiger partial charge on any atom is 0.330 e. The van der Waals surface area contributed by atoms with Gasteiger partial charge in [0.05, 0.1) is 5.69 Å². The minimum Gasteiger partial charge on any atom is -0.315 e. The Morgan fingerprint density at radius 3 is 1.88 bits per heavy atom. The number of nitrogens with one attached hydrogen (secondary N) is 1. The van der Waals surface area contributed by atoms with E-state index in [4.69, 9.17) is 0 Å². The van der Waals surface area contributed by atoms with Gasteiger partial charge in [0.2, 0.25) is 0 Å². The maximum absolute atomic E-state index is 13.6. The lowest BCUT2D eigenvalue weighted by atomic mass is 9.82. The van der Waals surface area contributed by atoms with Gasteiger partial charge < -0.3 is 5.32 Å². The topological polar surface area (TPSA) is 49.4 Å². The van der Waals surface area contributed by atoms with Gasteiger partial charge in [0.25, 0.3) is 5.91 Å². The van der Waals surface area contributed by atoms with Crippen LogP contribution >= 0.6 is 0 Å². The first kappa shape index (κ1) is 16.1. The van der Waals surface area contributed by atoms with Gasteiger partial charge in [-0.25, -0.2) is 9.69 Å². The van der Waals surface area contributed by atoms with Gasteiger partial charge in [-0.2, -0.15) is 0 Å². The first-order chi connectivity index (χ1) is 12.6. The number of rotatable bonds is 3. The molecule has 0 bridgehead atoms. The Morgan fingerprint density at radius 1 is 0.731 bits per heavy atom. The molecule has 1 atom stereocenters. The van der Waals surface area contributed by atoms with Crippen molar-refractivity contribution in [3.05, 3.63) is 102 Å². The predicted molar refractivity (Wildman–Crippen MR) is 101 cm³/mol. The molecule has 0 saturated carbocycles. The van der Waals surface area contributed by atoms with Crippen LogP contribution in [0, 0.1) is 6.92 Å². The monoisotopic (exact) mass is 342 g/mol. The van der Waals surface area contributed by atoms with Crippen molar-refractivity contribution in [2.45, 2.75) is 12.5 Å². The standard InChI is InChI=1S/C22H18N2O2/c1-16-12-14-18(15-13-16)22(17-8-4-2-5-9-17)20(25)24(21(26)23-22)19-10-6-3-7-11-19/h2-15H,1H3,(H,23,26)/t22-/m0/s1. The molecule has 1 saturated heterocycles. The second kappa shape index (κ2) is 6.15. The van der Waals surface area contributed by atoms with Crippen LogP contribution in [0.5, 0.6) is 0 Å². The molecule has 3 aromatic carbocycles. The molecule has 3 amide bonds. The predicted octanol–water partition coefficient (Wildman–Crippen LogP) is 4.00. The molecule has 0 aromatic heterocycles. The van der Waals surface area contributed by atoms with Crippen LogP contribution in [0.15, 0.2) is 84.9 Å². The number of imide groups is 1. The fourth-order valence-electron chi connectivity index (χ4n) is 3.39. The first-order valence-corrected chi connectivity index (χ1v) is 8.47. The number of urea groups is 1. The first-order valence-electron chi connectivity index (χ1n) is 8.47. The van der Waals surface area contributed by atoms with Gasteiger partial charge in [-0.3, -0.25) is 4.79 Å². The van der Waals surface area contributed by atoms with Crippen molar-refractivity contribution < 1.29 is 9.59 Å². The van der Waals surface area contributed by atoms with Crippen LogP contribution in [0.25, 0.3) is 0 Å². The third-order valence-corrected chi connectivity index (χ3v) is 4.73. The van der Waals surface area contributed by atoms with Crippen LogP contribution in [-0.4, -0.2) is 11.9 Å². The highest BCUT2D eigenvalue weighted by Crippen LogP contribution is 2.38. The van der Waals surface area contributed by atoms with Gasteiger partial charge in [0.15, 0.2) is 5.54 Å². The normalized spacial score (nSPS) is 19.5. The van der Waals surface area contributed by atoms with Crippen molar-refractivity contribution in [3.8, 4) is 0 Å². The van der Waals surface area contributed by atoms with Gasteiger partial charge in [0, 0.05) is 0 Å². The number of amides is 3. The van der Waals surface area contributed by atoms with Gasteiger partial charge in [-0.15, -0.1) is 0 Å². The van der Waals surface area contributed by atoms with E-state index in [1.165, 1.54) is 4.90 Å². The van der Waals surface area contributed by atoms with E-state index in [2.05, 4.69) is 5.32 Å². The zero-order valence-corrected chi connectivity index (χ0v) is 14.3. The van der Waals surface area contributed by atoms with Gasteiger partial charge >= 0.3 is 6.03 Å². The lowest BCUT2D eigenvalue weighted by Gasteiger charge is -2.28. The van der Waals surface area contributed by atoms with Gasteiger partial charge in [0.1, 0.15) is 0 Å². The minimum absolute atomic E-state index is 0.302. The van der Waals surface area contributed by atoms with E-state index >= 15 is 0 Å². The summed E-state index contributed by atoms with van der Waals surface area (Å²) in [5.41, 5.74) is 1.89. The fraction of sp³-hybridized carbons (Fsp3) is 0.0909. The highest BCUT2D eigenvalue weighted by Gasteiger charge is 2.54. The lowest BCUT2D eigenvalue weighted by Crippen LogP contribution is -2.45. The van der Waals surface area contributed by atoms with Gasteiger partial charge in [-0.05, 0) is 30.2 Å². The highest BCUT2D eigenvalue weighted by atomic mass is 16.2. The Balaban J connectivity index is 1.91. The fourth-order valence-corrected chi connectivity index (χ4v) is 3.39. The Labute approximate surface area is 152 Å². The summed E-state index contributed by atoms with van der Waals surface area (Å²) >= 11 is 0. The summed E-state index contributed by atoms with van der Waals surface area (Å²) in [7, 11) is 0. The lowest BCUT2D eigenvalue weighted by molar-refractivity contribution is -0.121. The van der Waals surface area contributed by atoms with Crippen LogP contribution < -0.4 is 10.2 Å². The molecule has 0 unspecified atom stereocenters. The molecule has 1 aliphatic rings. The van der Waals surface area contributed by atoms with Crippen LogP contribution in [0.4, 0.5) is 10.5 Å². The Hall–Kier alpha value is -3.40. The molecular formula is C22H18N2O2. The van der Waals surface area contributed by atoms with Crippen molar-refractivity contribution in [2.24, 2.45) is 0 Å². The zero-order valence-electron chi connectivity index (χ0n) is 14.3. The molecule has 3 aromatic rings. The molecule has 1 fully saturated rings. The summed E-state index contributed by atoms with van der Waals surface area (Å²) in [6, 6.07) is 25.6. The number of nitrogens with zero attached hydrogens (tertiary/aromatic N) is 1. The molecule has 4 heteroatoms. The summed E-state index contributed by atoms with van der Waals surface area (Å²) in [6.45, 7) is 1.99. The molecule has 0 spiro atoms. The van der Waals surface area contributed by atoms with Crippen molar-refractivity contribution in [3.63, 3.8) is 0 Å². The van der Waals surface area contributed by atoms with Crippen molar-refractivity contribution in [1.29, 1.82) is 0 Å². The van der Waals surface area contributed by atoms with Crippen molar-refractivity contribution in [1.82, 2.24) is 5.32 Å². The quantitative estimate of drug-likeness (QED) is 0.732. The molecular weight excluding hydrogens is 324 g/mol. The molecule has 1 aliphatic heterocycles. The molecule has 0 aliphatic carbocycles. The summed E-state index contributed by atoms with van der Waals surface area (Å²) in [6.07, 6.45) is 0. The van der Waals surface area contributed by atoms with E-state index in [9.17, 15) is 9.59 Å². The Kier molecular flexibility index (Phi) is 3.81. The Bertz CT molecular complexity index is 952. The van der Waals surface area contributed by atoms with Crippen molar-refractivity contribution in [2.75, 3.05) is 4.90 Å². The SMILES string of the molecule is Cc1ccc([C@]2(c3ccccc3)NC(=O)N(c3ccccc3)C2=O)cc1. The number of carbonyl (C=O) groups is 2. The molecule has 4 rings (SSSR count). The number of hydrogen-bond acceptors (Lipinski definition) is 2. The summed E-state index contributed by atoms with van der Waals surface area (Å²) in [4.78, 5) is 27.6. The van der Waals surface area contributed by atoms with Crippen LogP contribution in [0.3, 0.4) is 0 Å². The van der Waals surface area contributed by atoms with Gasteiger partial charge in [-0.1, -0.05) is 78.4 Å². The molecule has 26 heavy (non-hydrogen) atoms. The van der Waals surface area contributed by atoms with E-state index < -0.39 is 11.6 Å². The summed E-state index contributed by atoms with van der Waals surface area (Å²) in [5, 5.41) is 2.96. The van der Waals surface area contributed by atoms with E-state index in [0.717, 1.165) is 16.7 Å². The van der Waals surface area contributed by atoms with Crippen LogP contribution in [0.1, 0.15) is 16.7 Å². The average molecular weight is 342 g/mol. The number of para-hydroxylation sites is 1. The number of anilines is 1. The zero-order chi connectivity index (χ0) is 18.1. The third kappa shape index (κ3) is 2.39. The summed E-state index contributed by atoms with van der Waals surface area (Å²) in [5.74, 6) is -0.302. The maximum atomic E-state index is 13.6. The van der Waals surface area contributed by atoms with E-state index in [-0.39, 0.29) is 5.91 Å². The van der Waals surface area contributed by atoms with Crippen LogP contribution in [-0.2, 0) is 10.3 Å². The van der Waals surface area contributed by atoms with Crippen LogP contribution in [0.2, 0.25) is 0 Å². The van der Waals surface area contributed by atoms with E-state index in [1.54, 1.807) is 12.1 Å². The van der Waals surface area contributed by atoms with E-state index in [1.807, 2.05) is 79.7 Å². The minimum atomic E-state index is -1.23. The second-order valence-corrected chi connectivity index (χ2v) is 6.39. The second-order valence-electron chi connectivity index (χ2n) is 6.39. The number of aryl methyl sites for hydroxylation is 1. The Morgan fingerprint density at radius 2 is 1.27 bits per heavy atom. The molecule has 1 heterocycles. The molecule has 4 nitrogen and oxygen atoms in total. The number of hydrogen-bond donors (Lipinski definition) is 1. The van der Waals surface area contributed by atoms with Crippen molar-refractivity contribution >= 4 is 17.6 Å².